The van der Waals surface area contributed by atoms with Gasteiger partial charge < -0.3 is 10.2 Å². The number of nitrogens with one attached hydrogen (secondary N) is 1. The molecule has 0 spiro atoms. The topological polar surface area (TPSA) is 49.4 Å². The van der Waals surface area contributed by atoms with E-state index >= 15 is 0 Å². The van der Waals surface area contributed by atoms with E-state index in [1.54, 1.807) is 11.8 Å². The Bertz CT molecular complexity index is 796. The normalized spacial score (nSPS) is 14.8. The van der Waals surface area contributed by atoms with Gasteiger partial charge >= 0.3 is 0 Å². The standard InChI is InChI=1S/C22H26N2O2S/c1-3-27-20-7-5-4-6-19(20)23-21(25)17-12-14-24(15-13-17)22(26)18-10-8-16(2)9-11-18/h4-11,17H,3,12-15H2,1-2H3,(H,23,25). The van der Waals surface area contributed by atoms with Crippen LogP contribution in [0.5, 0.6) is 0 Å². The number of thioether (sulfide) groups is 1. The molecule has 0 unspecified atom stereocenters. The first kappa shape index (κ1) is 19.5. The summed E-state index contributed by atoms with van der Waals surface area (Å²) in [6.45, 7) is 5.35. The average Bonchev–Trinajstić information content (AvgIpc) is 2.70. The maximum Gasteiger partial charge on any atom is 0.253 e. The zero-order chi connectivity index (χ0) is 19.2. The zero-order valence-corrected chi connectivity index (χ0v) is 16.7. The maximum atomic E-state index is 12.7. The van der Waals surface area contributed by atoms with E-state index < -0.39 is 0 Å². The Hall–Kier alpha value is -2.27. The van der Waals surface area contributed by atoms with E-state index in [0.29, 0.717) is 31.5 Å². The molecule has 0 aromatic heterocycles. The van der Waals surface area contributed by atoms with Crippen molar-refractivity contribution in [1.82, 2.24) is 4.90 Å². The molecule has 2 aromatic carbocycles. The third-order valence-corrected chi connectivity index (χ3v) is 5.85. The van der Waals surface area contributed by atoms with Crippen LogP contribution in [-0.4, -0.2) is 35.6 Å². The van der Waals surface area contributed by atoms with Crippen LogP contribution in [0.1, 0.15) is 35.7 Å². The Kier molecular flexibility index (Phi) is 6.56. The SMILES string of the molecule is CCSc1ccccc1NC(=O)C1CCN(C(=O)c2ccc(C)cc2)CC1. The summed E-state index contributed by atoms with van der Waals surface area (Å²) in [6, 6.07) is 15.6. The molecule has 0 radical (unpaired) electrons. The molecule has 0 atom stereocenters. The van der Waals surface area contributed by atoms with Gasteiger partial charge in [0.1, 0.15) is 0 Å². The van der Waals surface area contributed by atoms with Crippen LogP contribution in [-0.2, 0) is 4.79 Å². The molecule has 0 saturated carbocycles. The molecule has 5 heteroatoms. The predicted molar refractivity (Wildman–Crippen MR) is 111 cm³/mol. The summed E-state index contributed by atoms with van der Waals surface area (Å²) in [5, 5.41) is 3.08. The molecule has 27 heavy (non-hydrogen) atoms. The summed E-state index contributed by atoms with van der Waals surface area (Å²) < 4.78 is 0. The van der Waals surface area contributed by atoms with Crippen molar-refractivity contribution in [2.75, 3.05) is 24.2 Å². The van der Waals surface area contributed by atoms with Crippen molar-refractivity contribution in [2.24, 2.45) is 5.92 Å². The number of hydrogen-bond acceptors (Lipinski definition) is 3. The molecule has 1 fully saturated rings. The Morgan fingerprint density at radius 1 is 1.07 bits per heavy atom. The molecule has 142 valence electrons. The number of carbonyl (C=O) groups is 2. The first-order valence-electron chi connectivity index (χ1n) is 9.47. The summed E-state index contributed by atoms with van der Waals surface area (Å²) in [6.07, 6.45) is 1.40. The fourth-order valence-electron chi connectivity index (χ4n) is 3.31. The highest BCUT2D eigenvalue weighted by Crippen LogP contribution is 2.28. The molecule has 1 aliphatic heterocycles. The number of para-hydroxylation sites is 1. The summed E-state index contributed by atoms with van der Waals surface area (Å²) in [7, 11) is 0. The second-order valence-electron chi connectivity index (χ2n) is 6.85. The van der Waals surface area contributed by atoms with Gasteiger partial charge in [-0.05, 0) is 49.8 Å². The van der Waals surface area contributed by atoms with Crippen LogP contribution in [0, 0.1) is 12.8 Å². The fourth-order valence-corrected chi connectivity index (χ4v) is 4.07. The lowest BCUT2D eigenvalue weighted by atomic mass is 9.95. The fraction of sp³-hybridized carbons (Fsp3) is 0.364. The van der Waals surface area contributed by atoms with Crippen LogP contribution in [0.15, 0.2) is 53.4 Å². The molecule has 3 rings (SSSR count). The van der Waals surface area contributed by atoms with Crippen LogP contribution in [0.25, 0.3) is 0 Å². The lowest BCUT2D eigenvalue weighted by Gasteiger charge is -2.31. The van der Waals surface area contributed by atoms with Crippen molar-refractivity contribution in [3.63, 3.8) is 0 Å². The Balaban J connectivity index is 1.56. The van der Waals surface area contributed by atoms with E-state index in [4.69, 9.17) is 0 Å². The highest BCUT2D eigenvalue weighted by Gasteiger charge is 2.28. The van der Waals surface area contributed by atoms with Gasteiger partial charge in [0, 0.05) is 29.5 Å². The van der Waals surface area contributed by atoms with Crippen molar-refractivity contribution in [2.45, 2.75) is 31.6 Å². The van der Waals surface area contributed by atoms with E-state index in [1.165, 1.54) is 0 Å². The van der Waals surface area contributed by atoms with Crippen molar-refractivity contribution in [3.8, 4) is 0 Å². The van der Waals surface area contributed by atoms with E-state index in [-0.39, 0.29) is 17.7 Å². The van der Waals surface area contributed by atoms with Gasteiger partial charge in [0.05, 0.1) is 5.69 Å². The third-order valence-electron chi connectivity index (χ3n) is 4.90. The van der Waals surface area contributed by atoms with Gasteiger partial charge in [0.25, 0.3) is 5.91 Å². The molecule has 2 aromatic rings. The monoisotopic (exact) mass is 382 g/mol. The second kappa shape index (κ2) is 9.09. The number of carbonyl (C=O) groups excluding carboxylic acids is 2. The quantitative estimate of drug-likeness (QED) is 0.769. The number of amides is 2. The second-order valence-corrected chi connectivity index (χ2v) is 8.16. The minimum atomic E-state index is -0.0493. The van der Waals surface area contributed by atoms with Crippen LogP contribution in [0.4, 0.5) is 5.69 Å². The van der Waals surface area contributed by atoms with E-state index in [2.05, 4.69) is 12.2 Å². The van der Waals surface area contributed by atoms with Gasteiger partial charge in [-0.25, -0.2) is 0 Å². The third kappa shape index (κ3) is 4.92. The predicted octanol–water partition coefficient (Wildman–Crippen LogP) is 4.60. The number of rotatable bonds is 5. The Labute approximate surface area is 165 Å². The van der Waals surface area contributed by atoms with E-state index in [1.807, 2.05) is 60.4 Å². The lowest BCUT2D eigenvalue weighted by molar-refractivity contribution is -0.121. The smallest absolute Gasteiger partial charge is 0.253 e. The summed E-state index contributed by atoms with van der Waals surface area (Å²) in [5.41, 5.74) is 2.74. The number of benzene rings is 2. The van der Waals surface area contributed by atoms with Crippen LogP contribution in [0.3, 0.4) is 0 Å². The molecule has 1 N–H and O–H groups in total. The minimum Gasteiger partial charge on any atom is -0.339 e. The number of aryl methyl sites for hydroxylation is 1. The molecule has 2 amide bonds. The number of anilines is 1. The summed E-state index contributed by atoms with van der Waals surface area (Å²) in [5.74, 6) is 1.03. The van der Waals surface area contributed by atoms with Gasteiger partial charge in [-0.1, -0.05) is 36.8 Å². The number of hydrogen-bond donors (Lipinski definition) is 1. The van der Waals surface area contributed by atoms with Crippen molar-refractivity contribution in [1.29, 1.82) is 0 Å². The number of piperidine rings is 1. The summed E-state index contributed by atoms with van der Waals surface area (Å²) in [4.78, 5) is 28.3. The average molecular weight is 383 g/mol. The van der Waals surface area contributed by atoms with E-state index in [9.17, 15) is 9.59 Å². The first-order chi connectivity index (χ1) is 13.1. The van der Waals surface area contributed by atoms with Gasteiger partial charge in [0.15, 0.2) is 0 Å². The van der Waals surface area contributed by atoms with Crippen molar-refractivity contribution >= 4 is 29.3 Å². The molecule has 1 saturated heterocycles. The molecular formula is C22H26N2O2S. The molecule has 0 bridgehead atoms. The van der Waals surface area contributed by atoms with Crippen molar-refractivity contribution in [3.05, 3.63) is 59.7 Å². The highest BCUT2D eigenvalue weighted by atomic mass is 32.2. The largest absolute Gasteiger partial charge is 0.339 e. The maximum absolute atomic E-state index is 12.7. The molecule has 1 heterocycles. The number of nitrogens with zero attached hydrogens (tertiary/aromatic N) is 1. The van der Waals surface area contributed by atoms with E-state index in [0.717, 1.165) is 21.9 Å². The molecule has 4 nitrogen and oxygen atoms in total. The molecule has 0 aliphatic carbocycles. The lowest BCUT2D eigenvalue weighted by Crippen LogP contribution is -2.41. The number of likely N-dealkylation sites (tertiary alicyclic amines) is 1. The highest BCUT2D eigenvalue weighted by molar-refractivity contribution is 7.99. The summed E-state index contributed by atoms with van der Waals surface area (Å²) >= 11 is 1.73. The van der Waals surface area contributed by atoms with Gasteiger partial charge in [0.2, 0.25) is 5.91 Å². The van der Waals surface area contributed by atoms with Crippen molar-refractivity contribution < 1.29 is 9.59 Å². The van der Waals surface area contributed by atoms with Crippen LogP contribution in [0.2, 0.25) is 0 Å². The minimum absolute atomic E-state index is 0.0493. The zero-order valence-electron chi connectivity index (χ0n) is 15.9. The molecular weight excluding hydrogens is 356 g/mol. The Morgan fingerprint density at radius 2 is 1.74 bits per heavy atom. The van der Waals surface area contributed by atoms with Crippen LogP contribution < -0.4 is 5.32 Å². The first-order valence-corrected chi connectivity index (χ1v) is 10.5. The Morgan fingerprint density at radius 3 is 2.41 bits per heavy atom. The molecule has 1 aliphatic rings. The van der Waals surface area contributed by atoms with Gasteiger partial charge in [-0.15, -0.1) is 11.8 Å². The van der Waals surface area contributed by atoms with Gasteiger partial charge in [-0.3, -0.25) is 9.59 Å². The van der Waals surface area contributed by atoms with Gasteiger partial charge in [-0.2, -0.15) is 0 Å². The van der Waals surface area contributed by atoms with Crippen LogP contribution >= 0.6 is 11.8 Å².